The van der Waals surface area contributed by atoms with Crippen LogP contribution in [-0.4, -0.2) is 11.8 Å². The lowest BCUT2D eigenvalue weighted by molar-refractivity contribution is -0.124. The molecule has 1 aromatic rings. The van der Waals surface area contributed by atoms with Crippen LogP contribution in [0.25, 0.3) is 0 Å². The van der Waals surface area contributed by atoms with E-state index in [-0.39, 0.29) is 11.8 Å². The maximum absolute atomic E-state index is 11.4. The van der Waals surface area contributed by atoms with Crippen molar-refractivity contribution in [1.29, 1.82) is 0 Å². The summed E-state index contributed by atoms with van der Waals surface area (Å²) in [6, 6.07) is 6.79. The fraction of sp³-hybridized carbons (Fsp3) is 0.200. The summed E-state index contributed by atoms with van der Waals surface area (Å²) in [6.45, 7) is 1.40. The molecule has 4 heteroatoms. The largest absolute Gasteiger partial charge is 0.341 e. The minimum atomic E-state index is -0.538. The fourth-order valence-electron chi connectivity index (χ4n) is 1.56. The minimum absolute atomic E-state index is 0.179. The summed E-state index contributed by atoms with van der Waals surface area (Å²) in [5.74, 6) is -0.386. The predicted octanol–water partition coefficient (Wildman–Crippen LogP) is 0.816. The zero-order valence-electron chi connectivity index (χ0n) is 7.70. The van der Waals surface area contributed by atoms with Gasteiger partial charge in [0.2, 0.25) is 5.91 Å². The van der Waals surface area contributed by atoms with Crippen LogP contribution < -0.4 is 10.6 Å². The number of amides is 2. The van der Waals surface area contributed by atoms with Crippen molar-refractivity contribution >= 4 is 17.5 Å². The zero-order valence-corrected chi connectivity index (χ0v) is 7.70. The Morgan fingerprint density at radius 1 is 1.43 bits per heavy atom. The van der Waals surface area contributed by atoms with Gasteiger partial charge in [0.1, 0.15) is 6.04 Å². The lowest BCUT2D eigenvalue weighted by Gasteiger charge is -2.08. The van der Waals surface area contributed by atoms with Crippen LogP contribution in [0.15, 0.2) is 24.3 Å². The van der Waals surface area contributed by atoms with E-state index in [1.807, 2.05) is 24.3 Å². The maximum Gasteiger partial charge on any atom is 0.251 e. The number of carbonyl (C=O) groups is 2. The number of nitrogens with one attached hydrogen (secondary N) is 2. The molecule has 72 valence electrons. The van der Waals surface area contributed by atoms with Crippen molar-refractivity contribution in [3.05, 3.63) is 29.8 Å². The van der Waals surface area contributed by atoms with Gasteiger partial charge < -0.3 is 10.6 Å². The van der Waals surface area contributed by atoms with E-state index in [0.717, 1.165) is 11.3 Å². The quantitative estimate of drug-likeness (QED) is 0.688. The van der Waals surface area contributed by atoms with Crippen LogP contribution in [-0.2, 0) is 9.59 Å². The highest BCUT2D eigenvalue weighted by molar-refractivity contribution is 6.04. The van der Waals surface area contributed by atoms with Crippen LogP contribution in [0.5, 0.6) is 0 Å². The van der Waals surface area contributed by atoms with Gasteiger partial charge in [-0.2, -0.15) is 0 Å². The van der Waals surface area contributed by atoms with Gasteiger partial charge in [-0.1, -0.05) is 18.2 Å². The molecular weight excluding hydrogens is 180 g/mol. The van der Waals surface area contributed by atoms with Crippen molar-refractivity contribution in [2.45, 2.75) is 13.0 Å². The number of benzene rings is 1. The van der Waals surface area contributed by atoms with Crippen LogP contribution >= 0.6 is 0 Å². The van der Waals surface area contributed by atoms with Crippen LogP contribution in [0.2, 0.25) is 0 Å². The number of rotatable bonds is 1. The van der Waals surface area contributed by atoms with E-state index in [2.05, 4.69) is 10.6 Å². The summed E-state index contributed by atoms with van der Waals surface area (Å²) < 4.78 is 0. The third-order valence-electron chi connectivity index (χ3n) is 2.14. The molecule has 2 N–H and O–H groups in total. The fourth-order valence-corrected chi connectivity index (χ4v) is 1.56. The second-order valence-corrected chi connectivity index (χ2v) is 3.21. The number of hydrogen-bond donors (Lipinski definition) is 2. The van der Waals surface area contributed by atoms with Crippen LogP contribution in [0.4, 0.5) is 5.69 Å². The standard InChI is InChI=1S/C10H10N2O2/c1-6(13)11-9-7-4-2-3-5-8(7)12-10(9)14/h2-5,9H,1H3,(H,11,13)(H,12,14)/t9-/m1/s1. The number of carbonyl (C=O) groups excluding carboxylic acids is 2. The molecule has 0 aliphatic carbocycles. The van der Waals surface area contributed by atoms with Gasteiger partial charge in [0.15, 0.2) is 0 Å². The summed E-state index contributed by atoms with van der Waals surface area (Å²) in [7, 11) is 0. The van der Waals surface area contributed by atoms with Crippen molar-refractivity contribution in [1.82, 2.24) is 5.32 Å². The van der Waals surface area contributed by atoms with Crippen molar-refractivity contribution in [3.63, 3.8) is 0 Å². The van der Waals surface area contributed by atoms with E-state index in [9.17, 15) is 9.59 Å². The molecule has 1 atom stereocenters. The van der Waals surface area contributed by atoms with Crippen LogP contribution in [0.1, 0.15) is 18.5 Å². The van der Waals surface area contributed by atoms with Gasteiger partial charge in [-0.25, -0.2) is 0 Å². The first-order chi connectivity index (χ1) is 6.68. The molecule has 1 aromatic carbocycles. The molecule has 4 nitrogen and oxygen atoms in total. The summed E-state index contributed by atoms with van der Waals surface area (Å²) in [6.07, 6.45) is 0. The molecular formula is C10H10N2O2. The van der Waals surface area contributed by atoms with Gasteiger partial charge in [-0.15, -0.1) is 0 Å². The highest BCUT2D eigenvalue weighted by atomic mass is 16.2. The third kappa shape index (κ3) is 1.35. The molecule has 0 fully saturated rings. The number of hydrogen-bond acceptors (Lipinski definition) is 2. The topological polar surface area (TPSA) is 58.2 Å². The van der Waals surface area contributed by atoms with Gasteiger partial charge in [0, 0.05) is 18.2 Å². The number of fused-ring (bicyclic) bond motifs is 1. The molecule has 0 saturated heterocycles. The van der Waals surface area contributed by atoms with Crippen molar-refractivity contribution in [2.75, 3.05) is 5.32 Å². The van der Waals surface area contributed by atoms with Gasteiger partial charge >= 0.3 is 0 Å². The smallest absolute Gasteiger partial charge is 0.251 e. The number of anilines is 1. The molecule has 1 aliphatic heterocycles. The van der Waals surface area contributed by atoms with Gasteiger partial charge in [-0.3, -0.25) is 9.59 Å². The van der Waals surface area contributed by atoms with E-state index in [4.69, 9.17) is 0 Å². The maximum atomic E-state index is 11.4. The Morgan fingerprint density at radius 3 is 2.86 bits per heavy atom. The second-order valence-electron chi connectivity index (χ2n) is 3.21. The molecule has 2 rings (SSSR count). The van der Waals surface area contributed by atoms with E-state index in [0.29, 0.717) is 0 Å². The molecule has 0 radical (unpaired) electrons. The molecule has 0 spiro atoms. The highest BCUT2D eigenvalue weighted by Gasteiger charge is 2.30. The SMILES string of the molecule is CC(=O)N[C@H]1C(=O)Nc2ccccc21. The average molecular weight is 190 g/mol. The Bertz CT molecular complexity index is 401. The first kappa shape index (κ1) is 8.74. The third-order valence-corrected chi connectivity index (χ3v) is 2.14. The molecule has 2 amide bonds. The molecule has 1 aliphatic rings. The lowest BCUT2D eigenvalue weighted by Crippen LogP contribution is -2.30. The van der Waals surface area contributed by atoms with E-state index in [1.54, 1.807) is 0 Å². The number of para-hydroxylation sites is 1. The van der Waals surface area contributed by atoms with Gasteiger partial charge in [0.25, 0.3) is 5.91 Å². The Balaban J connectivity index is 2.34. The summed E-state index contributed by atoms with van der Waals surface area (Å²) in [4.78, 5) is 22.3. The van der Waals surface area contributed by atoms with Gasteiger partial charge in [-0.05, 0) is 6.07 Å². The molecule has 0 unspecified atom stereocenters. The van der Waals surface area contributed by atoms with E-state index < -0.39 is 6.04 Å². The van der Waals surface area contributed by atoms with E-state index in [1.165, 1.54) is 6.92 Å². The van der Waals surface area contributed by atoms with Crippen LogP contribution in [0.3, 0.4) is 0 Å². The molecule has 0 saturated carbocycles. The van der Waals surface area contributed by atoms with Crippen molar-refractivity contribution < 1.29 is 9.59 Å². The lowest BCUT2D eigenvalue weighted by atomic mass is 10.1. The summed E-state index contributed by atoms with van der Waals surface area (Å²) >= 11 is 0. The molecule has 0 bridgehead atoms. The Labute approximate surface area is 81.3 Å². The first-order valence-electron chi connectivity index (χ1n) is 4.35. The van der Waals surface area contributed by atoms with Gasteiger partial charge in [0.05, 0.1) is 0 Å². The Hall–Kier alpha value is -1.84. The van der Waals surface area contributed by atoms with Crippen molar-refractivity contribution in [2.24, 2.45) is 0 Å². The zero-order chi connectivity index (χ0) is 10.1. The Morgan fingerprint density at radius 2 is 2.14 bits per heavy atom. The van der Waals surface area contributed by atoms with Crippen molar-refractivity contribution in [3.8, 4) is 0 Å². The Kier molecular flexibility index (Phi) is 1.96. The normalized spacial score (nSPS) is 18.6. The molecule has 1 heterocycles. The summed E-state index contributed by atoms with van der Waals surface area (Å²) in [5, 5.41) is 5.30. The second kappa shape index (κ2) is 3.14. The monoisotopic (exact) mass is 190 g/mol. The minimum Gasteiger partial charge on any atom is -0.341 e. The highest BCUT2D eigenvalue weighted by Crippen LogP contribution is 2.29. The summed E-state index contributed by atoms with van der Waals surface area (Å²) in [5.41, 5.74) is 1.60. The van der Waals surface area contributed by atoms with Crippen LogP contribution in [0, 0.1) is 0 Å². The molecule has 0 aromatic heterocycles. The van der Waals surface area contributed by atoms with E-state index >= 15 is 0 Å². The first-order valence-corrected chi connectivity index (χ1v) is 4.35. The average Bonchev–Trinajstić information content (AvgIpc) is 2.43. The molecule has 14 heavy (non-hydrogen) atoms. The predicted molar refractivity (Wildman–Crippen MR) is 51.6 cm³/mol.